The van der Waals surface area contributed by atoms with Gasteiger partial charge in [0.2, 0.25) is 11.8 Å². The summed E-state index contributed by atoms with van der Waals surface area (Å²) < 4.78 is 10.2. The summed E-state index contributed by atoms with van der Waals surface area (Å²) in [7, 11) is 3.01. The van der Waals surface area contributed by atoms with E-state index in [0.717, 1.165) is 4.90 Å². The highest BCUT2D eigenvalue weighted by molar-refractivity contribution is 6.06. The van der Waals surface area contributed by atoms with Crippen molar-refractivity contribution < 1.29 is 23.9 Å². The molecule has 3 rings (SSSR count). The monoisotopic (exact) mass is 384 g/mol. The van der Waals surface area contributed by atoms with Crippen LogP contribution in [0.1, 0.15) is 12.0 Å². The number of nitrogens with zero attached hydrogens (tertiary/aromatic N) is 2. The first kappa shape index (κ1) is 19.2. The third-order valence-corrected chi connectivity index (χ3v) is 4.25. The fourth-order valence-electron chi connectivity index (χ4n) is 2.84. The maximum absolute atomic E-state index is 12.6. The maximum atomic E-state index is 12.6. The highest BCUT2D eigenvalue weighted by Crippen LogP contribution is 2.22. The zero-order valence-electron chi connectivity index (χ0n) is 15.5. The number of hydrogen-bond donors (Lipinski definition) is 2. The van der Waals surface area contributed by atoms with E-state index in [1.54, 1.807) is 36.4 Å². The minimum atomic E-state index is -0.923. The van der Waals surface area contributed by atoms with Gasteiger partial charge in [0, 0.05) is 11.6 Å². The second-order valence-electron chi connectivity index (χ2n) is 6.08. The Bertz CT molecular complexity index is 884. The van der Waals surface area contributed by atoms with E-state index >= 15 is 0 Å². The number of hydrogen-bond acceptors (Lipinski definition) is 6. The van der Waals surface area contributed by atoms with Crippen LogP contribution in [0, 0.1) is 0 Å². The quantitative estimate of drug-likeness (QED) is 0.701. The molecule has 0 bridgehead atoms. The molecule has 2 aromatic rings. The summed E-state index contributed by atoms with van der Waals surface area (Å²) in [6.45, 7) is 0.0647. The third kappa shape index (κ3) is 4.20. The number of methoxy groups -OCH3 is 2. The Morgan fingerprint density at radius 1 is 1.18 bits per heavy atom. The Hall–Kier alpha value is -3.62. The van der Waals surface area contributed by atoms with Gasteiger partial charge in [0.1, 0.15) is 11.8 Å². The first-order chi connectivity index (χ1) is 13.5. The van der Waals surface area contributed by atoms with Gasteiger partial charge in [-0.15, -0.1) is 0 Å². The standard InChI is InChI=1S/C19H20N4O5/c1-27-15-6-4-3-5-12(15)11-23-18(25)14(22-19(23)26)9-16(24)21-13-7-8-17(28-2)20-10-13/h3-8,10,14H,9,11H2,1-2H3,(H,21,24)(H,22,26)/t14-/m0/s1. The molecular formula is C19H20N4O5. The Kier molecular flexibility index (Phi) is 5.73. The lowest BCUT2D eigenvalue weighted by Crippen LogP contribution is -2.34. The van der Waals surface area contributed by atoms with E-state index in [0.29, 0.717) is 22.9 Å². The third-order valence-electron chi connectivity index (χ3n) is 4.25. The predicted octanol–water partition coefficient (Wildman–Crippen LogP) is 1.55. The predicted molar refractivity (Wildman–Crippen MR) is 99.9 cm³/mol. The van der Waals surface area contributed by atoms with E-state index in [2.05, 4.69) is 15.6 Å². The van der Waals surface area contributed by atoms with Crippen molar-refractivity contribution in [2.75, 3.05) is 19.5 Å². The van der Waals surface area contributed by atoms with Gasteiger partial charge in [0.05, 0.1) is 39.1 Å². The van der Waals surface area contributed by atoms with E-state index in [1.807, 2.05) is 0 Å². The van der Waals surface area contributed by atoms with Crippen LogP contribution in [0.5, 0.6) is 11.6 Å². The number of carbonyl (C=O) groups is 3. The molecule has 1 atom stereocenters. The number of urea groups is 1. The topological polar surface area (TPSA) is 110 Å². The number of amides is 4. The van der Waals surface area contributed by atoms with Gasteiger partial charge in [-0.25, -0.2) is 9.78 Å². The summed E-state index contributed by atoms with van der Waals surface area (Å²) in [5, 5.41) is 5.19. The Morgan fingerprint density at radius 3 is 2.64 bits per heavy atom. The van der Waals surface area contributed by atoms with Crippen LogP contribution < -0.4 is 20.1 Å². The van der Waals surface area contributed by atoms with E-state index < -0.39 is 23.9 Å². The number of nitrogens with one attached hydrogen (secondary N) is 2. The van der Waals surface area contributed by atoms with Gasteiger partial charge in [0.15, 0.2) is 0 Å². The summed E-state index contributed by atoms with van der Waals surface area (Å²) in [6.07, 6.45) is 1.26. The van der Waals surface area contributed by atoms with Crippen molar-refractivity contribution in [3.63, 3.8) is 0 Å². The fraction of sp³-hybridized carbons (Fsp3) is 0.263. The summed E-state index contributed by atoms with van der Waals surface area (Å²) in [6, 6.07) is 8.89. The van der Waals surface area contributed by atoms with Crippen molar-refractivity contribution in [2.24, 2.45) is 0 Å². The highest BCUT2D eigenvalue weighted by Gasteiger charge is 2.39. The van der Waals surface area contributed by atoms with Gasteiger partial charge >= 0.3 is 6.03 Å². The summed E-state index contributed by atoms with van der Waals surface area (Å²) in [5.74, 6) is 0.128. The molecule has 9 nitrogen and oxygen atoms in total. The molecular weight excluding hydrogens is 364 g/mol. The molecule has 2 heterocycles. The van der Waals surface area contributed by atoms with Gasteiger partial charge < -0.3 is 20.1 Å². The average molecular weight is 384 g/mol. The van der Waals surface area contributed by atoms with Gasteiger partial charge in [-0.2, -0.15) is 0 Å². The minimum absolute atomic E-state index is 0.0647. The molecule has 28 heavy (non-hydrogen) atoms. The van der Waals surface area contributed by atoms with Crippen LogP contribution in [-0.4, -0.2) is 48.0 Å². The van der Waals surface area contributed by atoms with E-state index in [4.69, 9.17) is 9.47 Å². The smallest absolute Gasteiger partial charge is 0.325 e. The lowest BCUT2D eigenvalue weighted by molar-refractivity contribution is -0.130. The van der Waals surface area contributed by atoms with Crippen molar-refractivity contribution in [3.8, 4) is 11.6 Å². The second kappa shape index (κ2) is 8.38. The molecule has 1 aromatic heterocycles. The lowest BCUT2D eigenvalue weighted by Gasteiger charge is -2.15. The molecule has 0 saturated carbocycles. The molecule has 0 spiro atoms. The maximum Gasteiger partial charge on any atom is 0.325 e. The number of para-hydroxylation sites is 1. The number of rotatable bonds is 7. The molecule has 9 heteroatoms. The van der Waals surface area contributed by atoms with Crippen LogP contribution in [0.2, 0.25) is 0 Å². The number of aromatic nitrogens is 1. The van der Waals surface area contributed by atoms with Crippen LogP contribution in [-0.2, 0) is 16.1 Å². The van der Waals surface area contributed by atoms with Crippen molar-refractivity contribution in [3.05, 3.63) is 48.2 Å². The molecule has 146 valence electrons. The SMILES string of the molecule is COc1ccc(NC(=O)C[C@@H]2NC(=O)N(Cc3ccccc3OC)C2=O)cn1. The minimum Gasteiger partial charge on any atom is -0.496 e. The van der Waals surface area contributed by atoms with Gasteiger partial charge in [0.25, 0.3) is 5.91 Å². The summed E-state index contributed by atoms with van der Waals surface area (Å²) >= 11 is 0. The van der Waals surface area contributed by atoms with Crippen molar-refractivity contribution in [1.82, 2.24) is 15.2 Å². The summed E-state index contributed by atoms with van der Waals surface area (Å²) in [5.41, 5.74) is 1.16. The van der Waals surface area contributed by atoms with E-state index in [1.165, 1.54) is 20.4 Å². The molecule has 0 radical (unpaired) electrons. The number of carbonyl (C=O) groups excluding carboxylic acids is 3. The molecule has 4 amide bonds. The largest absolute Gasteiger partial charge is 0.496 e. The second-order valence-corrected chi connectivity index (χ2v) is 6.08. The lowest BCUT2D eigenvalue weighted by atomic mass is 10.1. The van der Waals surface area contributed by atoms with Crippen molar-refractivity contribution >= 4 is 23.5 Å². The Morgan fingerprint density at radius 2 is 1.96 bits per heavy atom. The molecule has 1 fully saturated rings. The normalized spacial score (nSPS) is 15.9. The molecule has 1 aromatic carbocycles. The summed E-state index contributed by atoms with van der Waals surface area (Å²) in [4.78, 5) is 42.1. The van der Waals surface area contributed by atoms with Crippen molar-refractivity contribution in [2.45, 2.75) is 19.0 Å². The van der Waals surface area contributed by atoms with Crippen LogP contribution in [0.3, 0.4) is 0 Å². The molecule has 2 N–H and O–H groups in total. The van der Waals surface area contributed by atoms with Crippen LogP contribution in [0.15, 0.2) is 42.6 Å². The number of ether oxygens (including phenoxy) is 2. The molecule has 1 saturated heterocycles. The average Bonchev–Trinajstić information content (AvgIpc) is 2.96. The number of benzene rings is 1. The molecule has 1 aliphatic heterocycles. The van der Waals surface area contributed by atoms with Crippen LogP contribution in [0.4, 0.5) is 10.5 Å². The first-order valence-electron chi connectivity index (χ1n) is 8.55. The zero-order chi connectivity index (χ0) is 20.1. The van der Waals surface area contributed by atoms with Gasteiger partial charge in [-0.1, -0.05) is 18.2 Å². The molecule has 0 aliphatic carbocycles. The van der Waals surface area contributed by atoms with Gasteiger partial charge in [-0.3, -0.25) is 14.5 Å². The Balaban J connectivity index is 1.61. The first-order valence-corrected chi connectivity index (χ1v) is 8.55. The van der Waals surface area contributed by atoms with Crippen LogP contribution in [0.25, 0.3) is 0 Å². The van der Waals surface area contributed by atoms with E-state index in [9.17, 15) is 14.4 Å². The van der Waals surface area contributed by atoms with E-state index in [-0.39, 0.29) is 13.0 Å². The van der Waals surface area contributed by atoms with Crippen LogP contribution >= 0.6 is 0 Å². The highest BCUT2D eigenvalue weighted by atomic mass is 16.5. The molecule has 0 unspecified atom stereocenters. The fourth-order valence-corrected chi connectivity index (χ4v) is 2.84. The number of anilines is 1. The van der Waals surface area contributed by atoms with Gasteiger partial charge in [-0.05, 0) is 12.1 Å². The van der Waals surface area contributed by atoms with Crippen molar-refractivity contribution in [1.29, 1.82) is 0 Å². The Labute approximate surface area is 161 Å². The number of pyridine rings is 1. The zero-order valence-corrected chi connectivity index (χ0v) is 15.5. The number of imide groups is 1. The molecule has 1 aliphatic rings.